The van der Waals surface area contributed by atoms with Crippen LogP contribution in [0.1, 0.15) is 12.0 Å². The standard InChI is InChI=1S/C15H14ClNO3S/c16-12-6-8-13(9-7-12)21(18,19)17-14-5-1-3-11-4-2-10-20-15(11)14/h1,3,5-9,17H,2,4,10H2. The Balaban J connectivity index is 1.94. The summed E-state index contributed by atoms with van der Waals surface area (Å²) < 4.78 is 33.0. The SMILES string of the molecule is O=S(=O)(Nc1cccc2c1OCCC2)c1ccc(Cl)cc1. The Kier molecular flexibility index (Phi) is 3.78. The summed E-state index contributed by atoms with van der Waals surface area (Å²) in [5.74, 6) is 0.626. The topological polar surface area (TPSA) is 55.4 Å². The maximum absolute atomic E-state index is 12.4. The van der Waals surface area contributed by atoms with Gasteiger partial charge in [0.2, 0.25) is 0 Å². The van der Waals surface area contributed by atoms with Crippen LogP contribution in [0.25, 0.3) is 0 Å². The normalized spacial score (nSPS) is 14.1. The van der Waals surface area contributed by atoms with Gasteiger partial charge < -0.3 is 4.74 Å². The number of hydrogen-bond acceptors (Lipinski definition) is 3. The van der Waals surface area contributed by atoms with Crippen molar-refractivity contribution < 1.29 is 13.2 Å². The van der Waals surface area contributed by atoms with Crippen LogP contribution in [-0.2, 0) is 16.4 Å². The molecule has 0 unspecified atom stereocenters. The Labute approximate surface area is 128 Å². The molecule has 0 amide bonds. The zero-order valence-corrected chi connectivity index (χ0v) is 12.7. The number of ether oxygens (including phenoxy) is 1. The molecular formula is C15H14ClNO3S. The molecule has 1 heterocycles. The van der Waals surface area contributed by atoms with Crippen molar-refractivity contribution >= 4 is 27.3 Å². The predicted molar refractivity (Wildman–Crippen MR) is 82.5 cm³/mol. The maximum Gasteiger partial charge on any atom is 0.262 e. The first kappa shape index (κ1) is 14.2. The van der Waals surface area contributed by atoms with E-state index in [1.165, 1.54) is 12.1 Å². The van der Waals surface area contributed by atoms with Crippen molar-refractivity contribution in [1.29, 1.82) is 0 Å². The number of anilines is 1. The lowest BCUT2D eigenvalue weighted by Gasteiger charge is -2.20. The van der Waals surface area contributed by atoms with Crippen molar-refractivity contribution in [2.45, 2.75) is 17.7 Å². The molecule has 0 aliphatic carbocycles. The van der Waals surface area contributed by atoms with Gasteiger partial charge >= 0.3 is 0 Å². The van der Waals surface area contributed by atoms with Crippen LogP contribution in [0.2, 0.25) is 5.02 Å². The lowest BCUT2D eigenvalue weighted by molar-refractivity contribution is 0.290. The third-order valence-corrected chi connectivity index (χ3v) is 4.94. The van der Waals surface area contributed by atoms with Gasteiger partial charge in [0.1, 0.15) is 5.75 Å². The third-order valence-electron chi connectivity index (χ3n) is 3.30. The summed E-state index contributed by atoms with van der Waals surface area (Å²) in [7, 11) is -3.65. The molecule has 110 valence electrons. The number of rotatable bonds is 3. The number of sulfonamides is 1. The van der Waals surface area contributed by atoms with Crippen LogP contribution >= 0.6 is 11.6 Å². The second kappa shape index (κ2) is 5.58. The summed E-state index contributed by atoms with van der Waals surface area (Å²) in [5, 5.41) is 0.495. The number of halogens is 1. The van der Waals surface area contributed by atoms with Gasteiger partial charge in [0.05, 0.1) is 17.2 Å². The van der Waals surface area contributed by atoms with Crippen molar-refractivity contribution in [2.75, 3.05) is 11.3 Å². The molecule has 0 saturated carbocycles. The Morgan fingerprint density at radius 3 is 2.62 bits per heavy atom. The minimum atomic E-state index is -3.65. The zero-order valence-electron chi connectivity index (χ0n) is 11.2. The largest absolute Gasteiger partial charge is 0.491 e. The molecule has 0 bridgehead atoms. The molecule has 0 radical (unpaired) electrons. The van der Waals surface area contributed by atoms with Gasteiger partial charge in [-0.3, -0.25) is 4.72 Å². The molecule has 1 aliphatic rings. The second-order valence-corrected chi connectivity index (χ2v) is 6.92. The molecule has 21 heavy (non-hydrogen) atoms. The van der Waals surface area contributed by atoms with E-state index in [2.05, 4.69) is 4.72 Å². The van der Waals surface area contributed by atoms with Crippen molar-refractivity contribution in [3.8, 4) is 5.75 Å². The van der Waals surface area contributed by atoms with E-state index in [-0.39, 0.29) is 4.90 Å². The Morgan fingerprint density at radius 1 is 1.10 bits per heavy atom. The van der Waals surface area contributed by atoms with E-state index in [4.69, 9.17) is 16.3 Å². The molecule has 0 fully saturated rings. The van der Waals surface area contributed by atoms with E-state index >= 15 is 0 Å². The maximum atomic E-state index is 12.4. The van der Waals surface area contributed by atoms with Gasteiger partial charge in [0.15, 0.2) is 0 Å². The number of nitrogens with one attached hydrogen (secondary N) is 1. The Hall–Kier alpha value is -1.72. The molecular weight excluding hydrogens is 310 g/mol. The lowest BCUT2D eigenvalue weighted by Crippen LogP contribution is -2.16. The van der Waals surface area contributed by atoms with Crippen LogP contribution in [0.5, 0.6) is 5.75 Å². The number of hydrogen-bond donors (Lipinski definition) is 1. The second-order valence-electron chi connectivity index (χ2n) is 4.81. The lowest BCUT2D eigenvalue weighted by atomic mass is 10.1. The quantitative estimate of drug-likeness (QED) is 0.941. The Morgan fingerprint density at radius 2 is 1.86 bits per heavy atom. The first-order chi connectivity index (χ1) is 10.1. The summed E-state index contributed by atoms with van der Waals surface area (Å²) in [6.07, 6.45) is 1.84. The molecule has 2 aromatic carbocycles. The van der Waals surface area contributed by atoms with Gasteiger partial charge in [-0.05, 0) is 48.7 Å². The van der Waals surface area contributed by atoms with E-state index in [9.17, 15) is 8.42 Å². The minimum absolute atomic E-state index is 0.167. The van der Waals surface area contributed by atoms with Gasteiger partial charge in [0, 0.05) is 5.02 Å². The minimum Gasteiger partial charge on any atom is -0.491 e. The summed E-state index contributed by atoms with van der Waals surface area (Å²) in [6.45, 7) is 0.604. The highest BCUT2D eigenvalue weighted by Gasteiger charge is 2.20. The van der Waals surface area contributed by atoms with Gasteiger partial charge in [-0.15, -0.1) is 0 Å². The molecule has 0 atom stereocenters. The monoisotopic (exact) mass is 323 g/mol. The van der Waals surface area contributed by atoms with Crippen LogP contribution in [0, 0.1) is 0 Å². The molecule has 0 spiro atoms. The molecule has 2 aromatic rings. The molecule has 3 rings (SSSR count). The molecule has 0 saturated heterocycles. The average molecular weight is 324 g/mol. The van der Waals surface area contributed by atoms with Gasteiger partial charge in [-0.1, -0.05) is 23.7 Å². The predicted octanol–water partition coefficient (Wildman–Crippen LogP) is 3.47. The number of aryl methyl sites for hydroxylation is 1. The molecule has 0 aromatic heterocycles. The van der Waals surface area contributed by atoms with E-state index in [1.807, 2.05) is 12.1 Å². The number of benzene rings is 2. The fourth-order valence-corrected chi connectivity index (χ4v) is 3.48. The Bertz CT molecular complexity index is 757. The van der Waals surface area contributed by atoms with Crippen molar-refractivity contribution in [3.63, 3.8) is 0 Å². The van der Waals surface area contributed by atoms with Gasteiger partial charge in [0.25, 0.3) is 10.0 Å². The number of fused-ring (bicyclic) bond motifs is 1. The molecule has 1 N–H and O–H groups in total. The van der Waals surface area contributed by atoms with E-state index < -0.39 is 10.0 Å². The summed E-state index contributed by atoms with van der Waals surface area (Å²) >= 11 is 5.78. The third kappa shape index (κ3) is 2.99. The summed E-state index contributed by atoms with van der Waals surface area (Å²) in [4.78, 5) is 0.167. The fourth-order valence-electron chi connectivity index (χ4n) is 2.29. The van der Waals surface area contributed by atoms with Crippen LogP contribution < -0.4 is 9.46 Å². The van der Waals surface area contributed by atoms with Crippen LogP contribution in [0.3, 0.4) is 0 Å². The first-order valence-electron chi connectivity index (χ1n) is 6.59. The molecule has 4 nitrogen and oxygen atoms in total. The highest BCUT2D eigenvalue weighted by atomic mass is 35.5. The molecule has 1 aliphatic heterocycles. The highest BCUT2D eigenvalue weighted by molar-refractivity contribution is 7.92. The van der Waals surface area contributed by atoms with E-state index in [1.54, 1.807) is 18.2 Å². The van der Waals surface area contributed by atoms with Crippen molar-refractivity contribution in [1.82, 2.24) is 0 Å². The first-order valence-corrected chi connectivity index (χ1v) is 8.45. The summed E-state index contributed by atoms with van der Waals surface area (Å²) in [6, 6.07) is 11.5. The zero-order chi connectivity index (χ0) is 14.9. The fraction of sp³-hybridized carbons (Fsp3) is 0.200. The average Bonchev–Trinajstić information content (AvgIpc) is 2.48. The van der Waals surface area contributed by atoms with E-state index in [0.717, 1.165) is 18.4 Å². The van der Waals surface area contributed by atoms with Crippen molar-refractivity contribution in [3.05, 3.63) is 53.1 Å². The smallest absolute Gasteiger partial charge is 0.262 e. The number of para-hydroxylation sites is 1. The highest BCUT2D eigenvalue weighted by Crippen LogP contribution is 2.34. The molecule has 6 heteroatoms. The summed E-state index contributed by atoms with van der Waals surface area (Å²) in [5.41, 5.74) is 1.50. The van der Waals surface area contributed by atoms with Gasteiger partial charge in [-0.2, -0.15) is 0 Å². The van der Waals surface area contributed by atoms with E-state index in [0.29, 0.717) is 23.1 Å². The van der Waals surface area contributed by atoms with Crippen LogP contribution in [0.4, 0.5) is 5.69 Å². The van der Waals surface area contributed by atoms with Crippen LogP contribution in [0.15, 0.2) is 47.4 Å². The van der Waals surface area contributed by atoms with Crippen molar-refractivity contribution in [2.24, 2.45) is 0 Å². The van der Waals surface area contributed by atoms with Crippen LogP contribution in [-0.4, -0.2) is 15.0 Å². The van der Waals surface area contributed by atoms with Gasteiger partial charge in [-0.25, -0.2) is 8.42 Å².